The molecule has 3 aromatic rings. The Labute approximate surface area is 175 Å². The van der Waals surface area contributed by atoms with Crippen LogP contribution in [0.4, 0.5) is 0 Å². The maximum atomic E-state index is 13.1. The number of rotatable bonds is 5. The van der Waals surface area contributed by atoms with Crippen molar-refractivity contribution in [1.82, 2.24) is 4.90 Å². The minimum atomic E-state index is -0.330. The predicted octanol–water partition coefficient (Wildman–Crippen LogP) is 5.77. The van der Waals surface area contributed by atoms with Crippen LogP contribution in [0, 0.1) is 6.92 Å². The maximum Gasteiger partial charge on any atom is 0.290 e. The quantitative estimate of drug-likeness (QED) is 0.552. The van der Waals surface area contributed by atoms with Crippen molar-refractivity contribution in [2.75, 3.05) is 6.26 Å². The molecule has 1 atom stereocenters. The van der Waals surface area contributed by atoms with Gasteiger partial charge in [-0.1, -0.05) is 72.3 Å². The summed E-state index contributed by atoms with van der Waals surface area (Å²) in [5.74, 6) is -0.495. The Morgan fingerprint density at radius 1 is 0.931 bits per heavy atom. The summed E-state index contributed by atoms with van der Waals surface area (Å²) >= 11 is 1.69. The predicted molar refractivity (Wildman–Crippen MR) is 119 cm³/mol. The summed E-state index contributed by atoms with van der Waals surface area (Å²) in [7, 11) is 0. The fourth-order valence-corrected chi connectivity index (χ4v) is 4.16. The number of hydrogen-bond acceptors (Lipinski definition) is 3. The third-order valence-electron chi connectivity index (χ3n) is 5.29. The van der Waals surface area contributed by atoms with Gasteiger partial charge in [-0.2, -0.15) is 0 Å². The van der Waals surface area contributed by atoms with Gasteiger partial charge in [0.25, 0.3) is 5.91 Å². The molecule has 1 aliphatic rings. The van der Waals surface area contributed by atoms with Gasteiger partial charge in [0, 0.05) is 17.0 Å². The van der Waals surface area contributed by atoms with Gasteiger partial charge in [-0.05, 0) is 42.0 Å². The van der Waals surface area contributed by atoms with Crippen LogP contribution in [0.3, 0.4) is 0 Å². The number of hydrogen-bond donors (Lipinski definition) is 1. The molecular weight excluding hydrogens is 378 g/mol. The average molecular weight is 402 g/mol. The largest absolute Gasteiger partial charge is 0.503 e. The van der Waals surface area contributed by atoms with E-state index in [1.807, 2.05) is 79.9 Å². The van der Waals surface area contributed by atoms with Crippen LogP contribution in [0.2, 0.25) is 0 Å². The zero-order valence-electron chi connectivity index (χ0n) is 16.5. The number of carbonyl (C=O) groups is 1. The summed E-state index contributed by atoms with van der Waals surface area (Å²) in [4.78, 5) is 16.0. The minimum Gasteiger partial charge on any atom is -0.503 e. The number of nitrogens with zero attached hydrogens (tertiary/aromatic N) is 1. The van der Waals surface area contributed by atoms with Crippen LogP contribution in [-0.2, 0) is 11.3 Å². The molecule has 29 heavy (non-hydrogen) atoms. The van der Waals surface area contributed by atoms with Crippen molar-refractivity contribution in [2.24, 2.45) is 0 Å². The fourth-order valence-electron chi connectivity index (χ4n) is 3.75. The van der Waals surface area contributed by atoms with Crippen LogP contribution in [0.1, 0.15) is 28.3 Å². The Bertz CT molecular complexity index is 1040. The Kier molecular flexibility index (Phi) is 5.45. The number of carbonyl (C=O) groups excluding carboxylic acids is 1. The lowest BCUT2D eigenvalue weighted by molar-refractivity contribution is -0.130. The second kappa shape index (κ2) is 8.18. The molecule has 1 aliphatic heterocycles. The molecule has 0 bridgehead atoms. The van der Waals surface area contributed by atoms with Gasteiger partial charge < -0.3 is 10.0 Å². The van der Waals surface area contributed by atoms with Gasteiger partial charge in [-0.3, -0.25) is 4.79 Å². The van der Waals surface area contributed by atoms with Gasteiger partial charge in [-0.15, -0.1) is 11.8 Å². The average Bonchev–Trinajstić information content (AvgIpc) is 3.00. The highest BCUT2D eigenvalue weighted by atomic mass is 32.2. The van der Waals surface area contributed by atoms with Crippen molar-refractivity contribution < 1.29 is 9.90 Å². The van der Waals surface area contributed by atoms with Gasteiger partial charge in [0.15, 0.2) is 5.76 Å². The molecule has 146 valence electrons. The normalized spacial score (nSPS) is 16.6. The molecule has 4 rings (SSSR count). The summed E-state index contributed by atoms with van der Waals surface area (Å²) in [6.45, 7) is 2.48. The summed E-state index contributed by atoms with van der Waals surface area (Å²) in [5, 5.41) is 10.8. The zero-order chi connectivity index (χ0) is 20.4. The van der Waals surface area contributed by atoms with Crippen LogP contribution >= 0.6 is 11.8 Å². The standard InChI is InChI=1S/C25H23NO2S/c1-17-8-12-20(13-9-17)23-22(19-6-4-3-5-7-19)24(27)25(28)26(23)16-18-10-14-21(29-2)15-11-18/h3-15,23,27H,16H2,1-2H3/t23-/m0/s1. The monoisotopic (exact) mass is 401 g/mol. The zero-order valence-corrected chi connectivity index (χ0v) is 17.3. The Morgan fingerprint density at radius 2 is 1.59 bits per heavy atom. The molecule has 1 heterocycles. The fraction of sp³-hybridized carbons (Fsp3) is 0.160. The second-order valence-electron chi connectivity index (χ2n) is 7.22. The molecule has 0 aliphatic carbocycles. The van der Waals surface area contributed by atoms with E-state index in [9.17, 15) is 9.90 Å². The Balaban J connectivity index is 1.77. The number of aliphatic hydroxyl groups excluding tert-OH is 1. The van der Waals surface area contributed by atoms with Gasteiger partial charge in [0.05, 0.1) is 6.04 Å². The lowest BCUT2D eigenvalue weighted by Crippen LogP contribution is -2.29. The first-order chi connectivity index (χ1) is 14.1. The molecular formula is C25H23NO2S. The Hall–Kier alpha value is -2.98. The molecule has 1 N–H and O–H groups in total. The van der Waals surface area contributed by atoms with E-state index >= 15 is 0 Å². The van der Waals surface area contributed by atoms with Crippen LogP contribution in [0.25, 0.3) is 5.57 Å². The molecule has 4 heteroatoms. The summed E-state index contributed by atoms with van der Waals surface area (Å²) < 4.78 is 0. The maximum absolute atomic E-state index is 13.1. The smallest absolute Gasteiger partial charge is 0.290 e. The third-order valence-corrected chi connectivity index (χ3v) is 6.04. The first-order valence-electron chi connectivity index (χ1n) is 9.57. The molecule has 0 fully saturated rings. The van der Waals surface area contributed by atoms with E-state index in [1.54, 1.807) is 16.7 Å². The van der Waals surface area contributed by atoms with Gasteiger partial charge in [0.1, 0.15) is 0 Å². The van der Waals surface area contributed by atoms with E-state index in [-0.39, 0.29) is 17.7 Å². The van der Waals surface area contributed by atoms with E-state index in [1.165, 1.54) is 4.90 Å². The van der Waals surface area contributed by atoms with Crippen molar-refractivity contribution in [3.05, 3.63) is 107 Å². The highest BCUT2D eigenvalue weighted by Gasteiger charge is 2.40. The third kappa shape index (κ3) is 3.81. The molecule has 0 spiro atoms. The van der Waals surface area contributed by atoms with Gasteiger partial charge in [0.2, 0.25) is 0 Å². The van der Waals surface area contributed by atoms with Crippen LogP contribution < -0.4 is 0 Å². The van der Waals surface area contributed by atoms with Gasteiger partial charge >= 0.3 is 0 Å². The molecule has 0 radical (unpaired) electrons. The van der Waals surface area contributed by atoms with E-state index in [4.69, 9.17) is 0 Å². The second-order valence-corrected chi connectivity index (χ2v) is 8.10. The number of benzene rings is 3. The van der Waals surface area contributed by atoms with E-state index in [2.05, 4.69) is 12.1 Å². The van der Waals surface area contributed by atoms with Crippen LogP contribution in [0.15, 0.2) is 89.5 Å². The first-order valence-corrected chi connectivity index (χ1v) is 10.8. The van der Waals surface area contributed by atoms with Crippen molar-refractivity contribution in [1.29, 1.82) is 0 Å². The van der Waals surface area contributed by atoms with Crippen LogP contribution in [0.5, 0.6) is 0 Å². The SMILES string of the molecule is CSc1ccc(CN2C(=O)C(O)=C(c3ccccc3)[C@@H]2c2ccc(C)cc2)cc1. The van der Waals surface area contributed by atoms with E-state index in [0.29, 0.717) is 12.1 Å². The molecule has 3 aromatic carbocycles. The van der Waals surface area contributed by atoms with Crippen LogP contribution in [-0.4, -0.2) is 22.2 Å². The summed E-state index contributed by atoms with van der Waals surface area (Å²) in [6.07, 6.45) is 2.04. The first kappa shape index (κ1) is 19.3. The van der Waals surface area contributed by atoms with Crippen molar-refractivity contribution in [3.63, 3.8) is 0 Å². The molecule has 0 saturated carbocycles. The van der Waals surface area contributed by atoms with E-state index < -0.39 is 0 Å². The van der Waals surface area contributed by atoms with E-state index in [0.717, 1.165) is 22.3 Å². The van der Waals surface area contributed by atoms with Crippen molar-refractivity contribution in [2.45, 2.75) is 24.4 Å². The summed E-state index contributed by atoms with van der Waals surface area (Å²) in [6, 6.07) is 25.7. The lowest BCUT2D eigenvalue weighted by atomic mass is 9.93. The number of amides is 1. The number of aliphatic hydroxyl groups is 1. The molecule has 1 amide bonds. The molecule has 3 nitrogen and oxygen atoms in total. The van der Waals surface area contributed by atoms with Gasteiger partial charge in [-0.25, -0.2) is 0 Å². The highest BCUT2D eigenvalue weighted by molar-refractivity contribution is 7.98. The molecule has 0 aromatic heterocycles. The Morgan fingerprint density at radius 3 is 2.21 bits per heavy atom. The number of thioether (sulfide) groups is 1. The van der Waals surface area contributed by atoms with Crippen molar-refractivity contribution in [3.8, 4) is 0 Å². The number of aryl methyl sites for hydroxylation is 1. The highest BCUT2D eigenvalue weighted by Crippen LogP contribution is 2.43. The lowest BCUT2D eigenvalue weighted by Gasteiger charge is -2.27. The molecule has 0 unspecified atom stereocenters. The van der Waals surface area contributed by atoms with Crippen molar-refractivity contribution >= 4 is 23.2 Å². The summed E-state index contributed by atoms with van der Waals surface area (Å²) in [5.41, 5.74) is 4.72. The topological polar surface area (TPSA) is 40.5 Å². The molecule has 0 saturated heterocycles. The minimum absolute atomic E-state index is 0.164.